The summed E-state index contributed by atoms with van der Waals surface area (Å²) in [4.78, 5) is 4.13. The maximum absolute atomic E-state index is 4.89. The highest BCUT2D eigenvalue weighted by Gasteiger charge is 2.10. The predicted molar refractivity (Wildman–Crippen MR) is 59.0 cm³/mol. The van der Waals surface area contributed by atoms with E-state index in [4.69, 9.17) is 4.52 Å². The van der Waals surface area contributed by atoms with Crippen LogP contribution in [-0.2, 0) is 5.75 Å². The Balaban J connectivity index is 2.02. The van der Waals surface area contributed by atoms with E-state index in [0.29, 0.717) is 23.5 Å². The van der Waals surface area contributed by atoms with Gasteiger partial charge in [-0.05, 0) is 13.8 Å². The molecular formula is C9H13N5OS. The van der Waals surface area contributed by atoms with E-state index < -0.39 is 0 Å². The molecule has 0 aliphatic heterocycles. The van der Waals surface area contributed by atoms with E-state index in [2.05, 4.69) is 34.2 Å². The molecule has 0 radical (unpaired) electrons. The van der Waals surface area contributed by atoms with Gasteiger partial charge in [-0.1, -0.05) is 16.9 Å². The summed E-state index contributed by atoms with van der Waals surface area (Å²) >= 11 is 1.55. The van der Waals surface area contributed by atoms with E-state index in [1.807, 2.05) is 4.57 Å². The first-order valence-electron chi connectivity index (χ1n) is 4.98. The molecule has 0 amide bonds. The second-order valence-electron chi connectivity index (χ2n) is 3.63. The monoisotopic (exact) mass is 239 g/mol. The summed E-state index contributed by atoms with van der Waals surface area (Å²) in [6.45, 7) is 5.95. The van der Waals surface area contributed by atoms with Gasteiger partial charge in [-0.2, -0.15) is 4.98 Å². The third kappa shape index (κ3) is 2.41. The lowest BCUT2D eigenvalue weighted by molar-refractivity contribution is 0.389. The molecule has 0 aliphatic carbocycles. The molecule has 86 valence electrons. The first-order chi connectivity index (χ1) is 7.66. The van der Waals surface area contributed by atoms with E-state index in [1.54, 1.807) is 25.0 Å². The van der Waals surface area contributed by atoms with Crippen molar-refractivity contribution in [1.82, 2.24) is 24.9 Å². The average molecular weight is 239 g/mol. The Morgan fingerprint density at radius 1 is 1.50 bits per heavy atom. The third-order valence-electron chi connectivity index (χ3n) is 2.00. The largest absolute Gasteiger partial charge is 0.340 e. The highest BCUT2D eigenvalue weighted by Crippen LogP contribution is 2.21. The summed E-state index contributed by atoms with van der Waals surface area (Å²) in [6, 6.07) is 0.351. The Bertz CT molecular complexity index is 464. The molecule has 0 unspecified atom stereocenters. The molecule has 0 saturated carbocycles. The molecule has 0 fully saturated rings. The molecule has 6 nitrogen and oxygen atoms in total. The highest BCUT2D eigenvalue weighted by molar-refractivity contribution is 7.98. The summed E-state index contributed by atoms with van der Waals surface area (Å²) in [7, 11) is 0. The molecule has 0 spiro atoms. The normalized spacial score (nSPS) is 11.2. The smallest absolute Gasteiger partial charge is 0.223 e. The lowest BCUT2D eigenvalue weighted by atomic mass is 10.4. The second kappa shape index (κ2) is 4.65. The maximum atomic E-state index is 4.89. The highest BCUT2D eigenvalue weighted by atomic mass is 32.2. The van der Waals surface area contributed by atoms with Gasteiger partial charge >= 0.3 is 0 Å². The standard InChI is InChI=1S/C9H13N5OS/c1-6(2)14-5-10-12-9(14)16-4-8-11-7(3)15-13-8/h5-6H,4H2,1-3H3. The number of nitrogens with zero attached hydrogens (tertiary/aromatic N) is 5. The van der Waals surface area contributed by atoms with Crippen molar-refractivity contribution < 1.29 is 4.52 Å². The van der Waals surface area contributed by atoms with E-state index in [9.17, 15) is 0 Å². The summed E-state index contributed by atoms with van der Waals surface area (Å²) in [5, 5.41) is 12.6. The van der Waals surface area contributed by atoms with Gasteiger partial charge in [-0.3, -0.25) is 0 Å². The maximum Gasteiger partial charge on any atom is 0.223 e. The minimum Gasteiger partial charge on any atom is -0.340 e. The minimum atomic E-state index is 0.351. The molecule has 7 heteroatoms. The summed E-state index contributed by atoms with van der Waals surface area (Å²) < 4.78 is 6.91. The molecule has 16 heavy (non-hydrogen) atoms. The van der Waals surface area contributed by atoms with Crippen LogP contribution in [-0.4, -0.2) is 24.9 Å². The van der Waals surface area contributed by atoms with Crippen LogP contribution in [0.15, 0.2) is 16.0 Å². The Labute approximate surface area is 97.4 Å². The van der Waals surface area contributed by atoms with Crippen molar-refractivity contribution in [2.24, 2.45) is 0 Å². The van der Waals surface area contributed by atoms with Crippen LogP contribution in [0.5, 0.6) is 0 Å². The van der Waals surface area contributed by atoms with Crippen LogP contribution in [0.2, 0.25) is 0 Å². The van der Waals surface area contributed by atoms with Crippen LogP contribution in [0.25, 0.3) is 0 Å². The summed E-state index contributed by atoms with van der Waals surface area (Å²) in [5.74, 6) is 1.91. The van der Waals surface area contributed by atoms with Crippen molar-refractivity contribution in [3.05, 3.63) is 18.0 Å². The van der Waals surface area contributed by atoms with E-state index in [-0.39, 0.29) is 0 Å². The lowest BCUT2D eigenvalue weighted by Gasteiger charge is -2.07. The fourth-order valence-corrected chi connectivity index (χ4v) is 2.11. The van der Waals surface area contributed by atoms with Crippen LogP contribution in [0.3, 0.4) is 0 Å². The average Bonchev–Trinajstić information content (AvgIpc) is 2.83. The molecule has 0 aromatic carbocycles. The minimum absolute atomic E-state index is 0.351. The van der Waals surface area contributed by atoms with Gasteiger partial charge in [0.2, 0.25) is 5.89 Å². The van der Waals surface area contributed by atoms with Gasteiger partial charge in [0, 0.05) is 13.0 Å². The summed E-state index contributed by atoms with van der Waals surface area (Å²) in [6.07, 6.45) is 1.73. The zero-order valence-electron chi connectivity index (χ0n) is 9.41. The van der Waals surface area contributed by atoms with Crippen LogP contribution in [0, 0.1) is 6.92 Å². The van der Waals surface area contributed by atoms with Gasteiger partial charge in [0.15, 0.2) is 11.0 Å². The van der Waals surface area contributed by atoms with Crippen molar-refractivity contribution in [2.75, 3.05) is 0 Å². The van der Waals surface area contributed by atoms with Crippen molar-refractivity contribution in [2.45, 2.75) is 37.7 Å². The Morgan fingerprint density at radius 2 is 2.31 bits per heavy atom. The Kier molecular flexibility index (Phi) is 3.23. The number of aromatic nitrogens is 5. The number of thioether (sulfide) groups is 1. The quantitative estimate of drug-likeness (QED) is 0.758. The van der Waals surface area contributed by atoms with Gasteiger partial charge in [-0.25, -0.2) is 0 Å². The van der Waals surface area contributed by atoms with Gasteiger partial charge in [0.05, 0.1) is 5.75 Å². The number of rotatable bonds is 4. The fraction of sp³-hybridized carbons (Fsp3) is 0.556. The van der Waals surface area contributed by atoms with Gasteiger partial charge in [0.25, 0.3) is 0 Å². The van der Waals surface area contributed by atoms with Crippen molar-refractivity contribution in [3.8, 4) is 0 Å². The Hall–Kier alpha value is -1.37. The molecule has 2 rings (SSSR count). The second-order valence-corrected chi connectivity index (χ2v) is 4.58. The van der Waals surface area contributed by atoms with Crippen LogP contribution in [0.4, 0.5) is 0 Å². The SMILES string of the molecule is Cc1nc(CSc2nncn2C(C)C)no1. The summed E-state index contributed by atoms with van der Waals surface area (Å²) in [5.41, 5.74) is 0. The van der Waals surface area contributed by atoms with E-state index >= 15 is 0 Å². The van der Waals surface area contributed by atoms with Crippen LogP contribution in [0.1, 0.15) is 31.6 Å². The van der Waals surface area contributed by atoms with Crippen LogP contribution >= 0.6 is 11.8 Å². The topological polar surface area (TPSA) is 69.6 Å². The van der Waals surface area contributed by atoms with Crippen molar-refractivity contribution in [1.29, 1.82) is 0 Å². The number of aryl methyl sites for hydroxylation is 1. The molecule has 2 heterocycles. The van der Waals surface area contributed by atoms with Crippen molar-refractivity contribution in [3.63, 3.8) is 0 Å². The molecule has 0 atom stereocenters. The molecule has 2 aromatic heterocycles. The molecule has 2 aromatic rings. The first kappa shape index (κ1) is 11.1. The number of hydrogen-bond acceptors (Lipinski definition) is 6. The molecule has 0 saturated heterocycles. The predicted octanol–water partition coefficient (Wildman–Crippen LogP) is 1.84. The lowest BCUT2D eigenvalue weighted by Crippen LogP contribution is -2.01. The fourth-order valence-electron chi connectivity index (χ4n) is 1.22. The van der Waals surface area contributed by atoms with Gasteiger partial charge in [-0.15, -0.1) is 10.2 Å². The van der Waals surface area contributed by atoms with Crippen molar-refractivity contribution >= 4 is 11.8 Å². The van der Waals surface area contributed by atoms with Gasteiger partial charge in [0.1, 0.15) is 6.33 Å². The number of hydrogen-bond donors (Lipinski definition) is 0. The third-order valence-corrected chi connectivity index (χ3v) is 2.95. The van der Waals surface area contributed by atoms with Crippen LogP contribution < -0.4 is 0 Å². The molecule has 0 bridgehead atoms. The van der Waals surface area contributed by atoms with E-state index in [0.717, 1.165) is 5.16 Å². The molecule has 0 N–H and O–H groups in total. The van der Waals surface area contributed by atoms with Gasteiger partial charge < -0.3 is 9.09 Å². The first-order valence-corrected chi connectivity index (χ1v) is 5.97. The van der Waals surface area contributed by atoms with E-state index in [1.165, 1.54) is 0 Å². The Morgan fingerprint density at radius 3 is 2.94 bits per heavy atom. The zero-order valence-corrected chi connectivity index (χ0v) is 10.2. The zero-order chi connectivity index (χ0) is 11.5. The molecule has 0 aliphatic rings. The molecular weight excluding hydrogens is 226 g/mol.